The van der Waals surface area contributed by atoms with E-state index in [9.17, 15) is 0 Å². The van der Waals surface area contributed by atoms with Crippen molar-refractivity contribution in [1.82, 2.24) is 0 Å². The molecule has 0 unspecified atom stereocenters. The molecule has 0 bridgehead atoms. The molecule has 1 aliphatic heterocycles. The van der Waals surface area contributed by atoms with E-state index in [0.29, 0.717) is 0 Å². The quantitative estimate of drug-likeness (QED) is 0.253. The van der Waals surface area contributed by atoms with Crippen molar-refractivity contribution in [2.24, 2.45) is 0 Å². The highest BCUT2D eigenvalue weighted by Gasteiger charge is 2.21. The molecule has 7 rings (SSSR count). The summed E-state index contributed by atoms with van der Waals surface area (Å²) in [7, 11) is 0. The lowest BCUT2D eigenvalue weighted by Gasteiger charge is -2.22. The van der Waals surface area contributed by atoms with Crippen molar-refractivity contribution in [3.8, 4) is 67.5 Å². The van der Waals surface area contributed by atoms with Crippen molar-refractivity contribution in [2.45, 2.75) is 0 Å². The van der Waals surface area contributed by atoms with Gasteiger partial charge < -0.3 is 18.3 Å². The van der Waals surface area contributed by atoms with Gasteiger partial charge in [0.25, 0.3) is 0 Å². The summed E-state index contributed by atoms with van der Waals surface area (Å²) in [6.07, 6.45) is 6.82. The summed E-state index contributed by atoms with van der Waals surface area (Å²) < 4.78 is 24.0. The van der Waals surface area contributed by atoms with Crippen LogP contribution in [-0.4, -0.2) is 0 Å². The van der Waals surface area contributed by atoms with Gasteiger partial charge in [-0.2, -0.15) is 0 Å². The van der Waals surface area contributed by atoms with Crippen LogP contribution in [0.1, 0.15) is 0 Å². The van der Waals surface area contributed by atoms with E-state index in [0.717, 1.165) is 67.5 Å². The Morgan fingerprint density at radius 2 is 0.806 bits per heavy atom. The highest BCUT2D eigenvalue weighted by molar-refractivity contribution is 5.85. The minimum atomic E-state index is 0.737. The van der Waals surface area contributed by atoms with E-state index >= 15 is 0 Å². The molecule has 0 fully saturated rings. The SMILES string of the molecule is c1ccc2c(c1)Oc1cc(-c3ccoc3)ccc1-c1ccc(-c3ccoc3)cc1Oc1ccccc1-2. The Balaban J connectivity index is 1.50. The van der Waals surface area contributed by atoms with Gasteiger partial charge in [0, 0.05) is 33.4 Å². The first-order valence-corrected chi connectivity index (χ1v) is 11.7. The number of rotatable bonds is 2. The molecule has 6 aromatic rings. The highest BCUT2D eigenvalue weighted by atomic mass is 16.5. The zero-order valence-corrected chi connectivity index (χ0v) is 19.2. The van der Waals surface area contributed by atoms with E-state index in [2.05, 4.69) is 48.5 Å². The molecule has 0 amide bonds. The topological polar surface area (TPSA) is 44.7 Å². The second kappa shape index (κ2) is 8.36. The van der Waals surface area contributed by atoms with Crippen molar-refractivity contribution in [2.75, 3.05) is 0 Å². The molecule has 0 N–H and O–H groups in total. The molecule has 172 valence electrons. The summed E-state index contributed by atoms with van der Waals surface area (Å²) >= 11 is 0. The van der Waals surface area contributed by atoms with Gasteiger partial charge in [0.1, 0.15) is 23.0 Å². The lowest BCUT2D eigenvalue weighted by Crippen LogP contribution is -1.98. The van der Waals surface area contributed by atoms with Crippen LogP contribution in [-0.2, 0) is 0 Å². The van der Waals surface area contributed by atoms with Crippen LogP contribution in [0.4, 0.5) is 0 Å². The third-order valence-electron chi connectivity index (χ3n) is 6.47. The van der Waals surface area contributed by atoms with Gasteiger partial charge in [-0.3, -0.25) is 0 Å². The lowest BCUT2D eigenvalue weighted by molar-refractivity contribution is 0.472. The average Bonchev–Trinajstić information content (AvgIpc) is 3.65. The Hall–Kier alpha value is -4.96. The van der Waals surface area contributed by atoms with E-state index in [1.54, 1.807) is 25.1 Å². The molecule has 4 heteroatoms. The van der Waals surface area contributed by atoms with Gasteiger partial charge in [0.2, 0.25) is 0 Å². The van der Waals surface area contributed by atoms with E-state index in [1.165, 1.54) is 0 Å². The van der Waals surface area contributed by atoms with Crippen LogP contribution in [0, 0.1) is 0 Å². The number of hydrogen-bond donors (Lipinski definition) is 0. The average molecular weight is 469 g/mol. The van der Waals surface area contributed by atoms with Gasteiger partial charge in [-0.05, 0) is 59.7 Å². The third-order valence-corrected chi connectivity index (χ3v) is 6.47. The fourth-order valence-electron chi connectivity index (χ4n) is 4.67. The van der Waals surface area contributed by atoms with Crippen LogP contribution in [0.15, 0.2) is 131 Å². The van der Waals surface area contributed by atoms with Crippen molar-refractivity contribution >= 4 is 0 Å². The van der Waals surface area contributed by atoms with Gasteiger partial charge in [0.15, 0.2) is 0 Å². The Morgan fingerprint density at radius 1 is 0.361 bits per heavy atom. The number of hydrogen-bond acceptors (Lipinski definition) is 4. The molecule has 4 aromatic carbocycles. The first-order chi connectivity index (χ1) is 17.8. The fraction of sp³-hybridized carbons (Fsp3) is 0. The first kappa shape index (κ1) is 20.4. The predicted octanol–water partition coefficient (Wildman–Crippen LogP) is 9.44. The van der Waals surface area contributed by atoms with Crippen LogP contribution in [0.2, 0.25) is 0 Å². The molecule has 0 saturated carbocycles. The van der Waals surface area contributed by atoms with Crippen molar-refractivity contribution in [3.05, 3.63) is 122 Å². The highest BCUT2D eigenvalue weighted by Crippen LogP contribution is 2.48. The summed E-state index contributed by atoms with van der Waals surface area (Å²) in [6, 6.07) is 32.4. The largest absolute Gasteiger partial charge is 0.472 e. The zero-order chi connectivity index (χ0) is 23.9. The Labute approximate surface area is 208 Å². The normalized spacial score (nSPS) is 11.8. The van der Waals surface area contributed by atoms with E-state index < -0.39 is 0 Å². The van der Waals surface area contributed by atoms with Gasteiger partial charge >= 0.3 is 0 Å². The van der Waals surface area contributed by atoms with Gasteiger partial charge in [-0.25, -0.2) is 0 Å². The lowest BCUT2D eigenvalue weighted by atomic mass is 9.96. The van der Waals surface area contributed by atoms with Crippen molar-refractivity contribution < 1.29 is 18.3 Å². The monoisotopic (exact) mass is 468 g/mol. The molecule has 0 aliphatic carbocycles. The van der Waals surface area contributed by atoms with Gasteiger partial charge in [-0.15, -0.1) is 0 Å². The number of furan rings is 2. The summed E-state index contributed by atoms with van der Waals surface area (Å²) in [5, 5.41) is 0. The Kier molecular flexibility index (Phi) is 4.74. The van der Waals surface area contributed by atoms with Crippen molar-refractivity contribution in [3.63, 3.8) is 0 Å². The molecule has 3 heterocycles. The molecule has 0 radical (unpaired) electrons. The minimum Gasteiger partial charge on any atom is -0.472 e. The van der Waals surface area contributed by atoms with E-state index in [1.807, 2.05) is 48.5 Å². The second-order valence-electron chi connectivity index (χ2n) is 8.64. The summed E-state index contributed by atoms with van der Waals surface area (Å²) in [6.45, 7) is 0. The molecular formula is C32H20O4. The van der Waals surface area contributed by atoms with E-state index in [4.69, 9.17) is 18.3 Å². The maximum atomic E-state index is 6.67. The maximum Gasteiger partial charge on any atom is 0.136 e. The third kappa shape index (κ3) is 3.48. The summed E-state index contributed by atoms with van der Waals surface area (Å²) in [5.74, 6) is 3.00. The van der Waals surface area contributed by atoms with Crippen LogP contribution < -0.4 is 9.47 Å². The number of fused-ring (bicyclic) bond motifs is 6. The Morgan fingerprint density at radius 3 is 1.25 bits per heavy atom. The zero-order valence-electron chi connectivity index (χ0n) is 19.2. The molecule has 0 saturated heterocycles. The molecule has 2 aromatic heterocycles. The molecule has 1 aliphatic rings. The van der Waals surface area contributed by atoms with E-state index in [-0.39, 0.29) is 0 Å². The fourth-order valence-corrected chi connectivity index (χ4v) is 4.67. The predicted molar refractivity (Wildman–Crippen MR) is 139 cm³/mol. The number of ether oxygens (including phenoxy) is 2. The van der Waals surface area contributed by atoms with Crippen molar-refractivity contribution in [1.29, 1.82) is 0 Å². The molecular weight excluding hydrogens is 448 g/mol. The smallest absolute Gasteiger partial charge is 0.136 e. The van der Waals surface area contributed by atoms with Gasteiger partial charge in [-0.1, -0.05) is 48.5 Å². The maximum absolute atomic E-state index is 6.67. The molecule has 4 nitrogen and oxygen atoms in total. The summed E-state index contributed by atoms with van der Waals surface area (Å²) in [5.41, 5.74) is 7.79. The Bertz CT molecular complexity index is 1550. The first-order valence-electron chi connectivity index (χ1n) is 11.7. The summed E-state index contributed by atoms with van der Waals surface area (Å²) in [4.78, 5) is 0. The number of benzene rings is 4. The van der Waals surface area contributed by atoms with Crippen LogP contribution >= 0.6 is 0 Å². The second-order valence-corrected chi connectivity index (χ2v) is 8.64. The standard InChI is InChI=1S/C32H20O4/c1-3-7-29-25(5-1)26-6-2-4-8-30(26)36-32-18-22(24-14-16-34-20-24)10-12-28(32)27-11-9-21(17-31(27)35-29)23-13-15-33-19-23/h1-20H. The van der Waals surface area contributed by atoms with Gasteiger partial charge in [0.05, 0.1) is 25.1 Å². The number of para-hydroxylation sites is 2. The van der Waals surface area contributed by atoms with Crippen LogP contribution in [0.5, 0.6) is 23.0 Å². The molecule has 36 heavy (non-hydrogen) atoms. The minimum absolute atomic E-state index is 0.737. The molecule has 0 spiro atoms. The molecule has 0 atom stereocenters. The van der Waals surface area contributed by atoms with Crippen LogP contribution in [0.3, 0.4) is 0 Å². The van der Waals surface area contributed by atoms with Crippen LogP contribution in [0.25, 0.3) is 44.5 Å².